The number of benzene rings is 1. The lowest BCUT2D eigenvalue weighted by molar-refractivity contribution is -0.138. The average molecular weight is 286 g/mol. The zero-order chi connectivity index (χ0) is 14.0. The minimum atomic E-state index is -1.06. The summed E-state index contributed by atoms with van der Waals surface area (Å²) in [6, 6.07) is 2.32. The molecule has 1 unspecified atom stereocenters. The van der Waals surface area contributed by atoms with Crippen LogP contribution in [-0.4, -0.2) is 30.3 Å². The molecule has 0 radical (unpaired) electrons. The normalized spacial score (nSPS) is 15.9. The van der Waals surface area contributed by atoms with E-state index in [1.807, 2.05) is 0 Å². The number of aliphatic carboxylic acids is 1. The monoisotopic (exact) mass is 285 g/mol. The van der Waals surface area contributed by atoms with Crippen LogP contribution < -0.4 is 15.2 Å². The second kappa shape index (κ2) is 5.67. The van der Waals surface area contributed by atoms with Crippen molar-refractivity contribution in [1.82, 2.24) is 0 Å². The molecule has 0 bridgehead atoms. The van der Waals surface area contributed by atoms with Gasteiger partial charge in [0.1, 0.15) is 6.04 Å². The topological polar surface area (TPSA) is 81.8 Å². The minimum Gasteiger partial charge on any atom is -0.493 e. The second-order valence-electron chi connectivity index (χ2n) is 4.56. The molecule has 0 amide bonds. The van der Waals surface area contributed by atoms with Crippen LogP contribution in [0.4, 0.5) is 0 Å². The smallest absolute Gasteiger partial charge is 0.320 e. The number of ether oxygens (including phenoxy) is 2. The van der Waals surface area contributed by atoms with E-state index in [0.29, 0.717) is 22.1 Å². The van der Waals surface area contributed by atoms with Crippen molar-refractivity contribution < 1.29 is 19.4 Å². The highest BCUT2D eigenvalue weighted by Crippen LogP contribution is 2.39. The van der Waals surface area contributed by atoms with Gasteiger partial charge < -0.3 is 20.3 Å². The summed E-state index contributed by atoms with van der Waals surface area (Å²) in [5, 5.41) is 9.36. The number of hydrogen-bond donors (Lipinski definition) is 2. The Morgan fingerprint density at radius 1 is 1.58 bits per heavy atom. The maximum atomic E-state index is 10.9. The van der Waals surface area contributed by atoms with E-state index in [-0.39, 0.29) is 12.5 Å². The van der Waals surface area contributed by atoms with E-state index in [9.17, 15) is 4.79 Å². The molecule has 1 aliphatic rings. The summed E-state index contributed by atoms with van der Waals surface area (Å²) < 4.78 is 11.0. The van der Waals surface area contributed by atoms with Crippen LogP contribution in [0.2, 0.25) is 5.02 Å². The quantitative estimate of drug-likeness (QED) is 0.833. The van der Waals surface area contributed by atoms with E-state index in [1.165, 1.54) is 7.11 Å². The number of carboxylic acid groups (broad SMARTS) is 1. The van der Waals surface area contributed by atoms with Gasteiger partial charge in [-0.05, 0) is 18.9 Å². The highest BCUT2D eigenvalue weighted by atomic mass is 35.5. The van der Waals surface area contributed by atoms with Gasteiger partial charge in [0.2, 0.25) is 0 Å². The van der Waals surface area contributed by atoms with Gasteiger partial charge in [0.15, 0.2) is 11.5 Å². The molecule has 1 saturated carbocycles. The minimum absolute atomic E-state index is 0.147. The standard InChI is InChI=1S/C13H16ClNO4/c1-18-11-6-8(14)4-7(5-10(15)13(16)17)12(11)19-9-2-3-9/h4,6,9-10H,2-3,5,15H2,1H3,(H,16,17). The van der Waals surface area contributed by atoms with E-state index < -0.39 is 12.0 Å². The van der Waals surface area contributed by atoms with Crippen molar-refractivity contribution in [2.45, 2.75) is 31.4 Å². The molecule has 19 heavy (non-hydrogen) atoms. The molecule has 1 fully saturated rings. The summed E-state index contributed by atoms with van der Waals surface area (Å²) in [7, 11) is 1.52. The number of carboxylic acids is 1. The van der Waals surface area contributed by atoms with Crippen LogP contribution in [0.5, 0.6) is 11.5 Å². The highest BCUT2D eigenvalue weighted by molar-refractivity contribution is 6.30. The van der Waals surface area contributed by atoms with Crippen molar-refractivity contribution in [1.29, 1.82) is 0 Å². The van der Waals surface area contributed by atoms with Gasteiger partial charge in [0.05, 0.1) is 13.2 Å². The first-order valence-electron chi connectivity index (χ1n) is 6.02. The third kappa shape index (κ3) is 3.52. The molecule has 1 aromatic carbocycles. The fraction of sp³-hybridized carbons (Fsp3) is 0.462. The van der Waals surface area contributed by atoms with Crippen molar-refractivity contribution in [3.63, 3.8) is 0 Å². The Balaban J connectivity index is 2.31. The van der Waals surface area contributed by atoms with Crippen LogP contribution >= 0.6 is 11.6 Å². The number of methoxy groups -OCH3 is 1. The highest BCUT2D eigenvalue weighted by Gasteiger charge is 2.27. The molecule has 1 atom stereocenters. The number of carbonyl (C=O) groups is 1. The average Bonchev–Trinajstić information content (AvgIpc) is 3.15. The van der Waals surface area contributed by atoms with Gasteiger partial charge >= 0.3 is 5.97 Å². The molecular weight excluding hydrogens is 270 g/mol. The van der Waals surface area contributed by atoms with Gasteiger partial charge in [-0.1, -0.05) is 11.6 Å². The van der Waals surface area contributed by atoms with Gasteiger partial charge in [-0.15, -0.1) is 0 Å². The predicted octanol–water partition coefficient (Wildman–Crippen LogP) is 1.84. The summed E-state index contributed by atoms with van der Waals surface area (Å²) in [4.78, 5) is 10.9. The molecule has 0 spiro atoms. The summed E-state index contributed by atoms with van der Waals surface area (Å²) >= 11 is 5.99. The third-order valence-electron chi connectivity index (χ3n) is 2.88. The van der Waals surface area contributed by atoms with Crippen LogP contribution in [0.1, 0.15) is 18.4 Å². The molecule has 1 aliphatic carbocycles. The summed E-state index contributed by atoms with van der Waals surface area (Å²) in [6.45, 7) is 0. The van der Waals surface area contributed by atoms with Crippen molar-refractivity contribution in [2.75, 3.05) is 7.11 Å². The van der Waals surface area contributed by atoms with Gasteiger partial charge in [0.25, 0.3) is 0 Å². The fourth-order valence-electron chi connectivity index (χ4n) is 1.74. The van der Waals surface area contributed by atoms with Crippen molar-refractivity contribution in [3.8, 4) is 11.5 Å². The SMILES string of the molecule is COc1cc(Cl)cc(CC(N)C(=O)O)c1OC1CC1. The van der Waals surface area contributed by atoms with Crippen LogP contribution in [0.25, 0.3) is 0 Å². The lowest BCUT2D eigenvalue weighted by Gasteiger charge is -2.16. The maximum absolute atomic E-state index is 10.9. The number of rotatable bonds is 6. The van der Waals surface area contributed by atoms with Crippen LogP contribution in [-0.2, 0) is 11.2 Å². The Labute approximate surface area is 116 Å². The first kappa shape index (κ1) is 14.0. The van der Waals surface area contributed by atoms with Crippen molar-refractivity contribution in [3.05, 3.63) is 22.7 Å². The summed E-state index contributed by atoms with van der Waals surface area (Å²) in [5.41, 5.74) is 6.22. The van der Waals surface area contributed by atoms with E-state index in [4.69, 9.17) is 31.9 Å². The Kier molecular flexibility index (Phi) is 4.17. The molecular formula is C13H16ClNO4. The van der Waals surface area contributed by atoms with Crippen LogP contribution in [0.3, 0.4) is 0 Å². The zero-order valence-corrected chi connectivity index (χ0v) is 11.3. The molecule has 104 valence electrons. The van der Waals surface area contributed by atoms with E-state index in [2.05, 4.69) is 0 Å². The molecule has 2 rings (SSSR count). The lowest BCUT2D eigenvalue weighted by atomic mass is 10.0. The zero-order valence-electron chi connectivity index (χ0n) is 10.6. The van der Waals surface area contributed by atoms with E-state index in [0.717, 1.165) is 12.8 Å². The molecule has 6 heteroatoms. The summed E-state index contributed by atoms with van der Waals surface area (Å²) in [5.74, 6) is -0.00518. The van der Waals surface area contributed by atoms with Gasteiger partial charge in [-0.25, -0.2) is 0 Å². The number of hydrogen-bond acceptors (Lipinski definition) is 4. The van der Waals surface area contributed by atoms with E-state index in [1.54, 1.807) is 12.1 Å². The number of halogens is 1. The Morgan fingerprint density at radius 2 is 2.26 bits per heavy atom. The van der Waals surface area contributed by atoms with Crippen molar-refractivity contribution in [2.24, 2.45) is 5.73 Å². The molecule has 3 N–H and O–H groups in total. The maximum Gasteiger partial charge on any atom is 0.320 e. The molecule has 1 aromatic rings. The van der Waals surface area contributed by atoms with Crippen LogP contribution in [0, 0.1) is 0 Å². The van der Waals surface area contributed by atoms with E-state index >= 15 is 0 Å². The fourth-order valence-corrected chi connectivity index (χ4v) is 1.97. The van der Waals surface area contributed by atoms with Crippen LogP contribution in [0.15, 0.2) is 12.1 Å². The van der Waals surface area contributed by atoms with Gasteiger partial charge in [0, 0.05) is 23.1 Å². The lowest BCUT2D eigenvalue weighted by Crippen LogP contribution is -2.32. The molecule has 0 aliphatic heterocycles. The Bertz CT molecular complexity index is 488. The molecule has 0 aromatic heterocycles. The first-order valence-corrected chi connectivity index (χ1v) is 6.40. The van der Waals surface area contributed by atoms with Gasteiger partial charge in [-0.3, -0.25) is 4.79 Å². The van der Waals surface area contributed by atoms with Gasteiger partial charge in [-0.2, -0.15) is 0 Å². The Morgan fingerprint density at radius 3 is 2.79 bits per heavy atom. The third-order valence-corrected chi connectivity index (χ3v) is 3.10. The Hall–Kier alpha value is -1.46. The van der Waals surface area contributed by atoms with Crippen molar-refractivity contribution >= 4 is 17.6 Å². The largest absolute Gasteiger partial charge is 0.493 e. The molecule has 5 nitrogen and oxygen atoms in total. The predicted molar refractivity (Wildman–Crippen MR) is 71.0 cm³/mol. The molecule has 0 saturated heterocycles. The first-order chi connectivity index (χ1) is 9.01. The summed E-state index contributed by atoms with van der Waals surface area (Å²) in [6.07, 6.45) is 2.32. The molecule has 0 heterocycles. The number of nitrogens with two attached hydrogens (primary N) is 1. The second-order valence-corrected chi connectivity index (χ2v) is 5.00.